The van der Waals surface area contributed by atoms with E-state index in [1.54, 1.807) is 0 Å². The molecule has 0 fully saturated rings. The molecule has 0 aliphatic rings. The van der Waals surface area contributed by atoms with E-state index in [2.05, 4.69) is 131 Å². The average Bonchev–Trinajstić information content (AvgIpc) is 3.65. The van der Waals surface area contributed by atoms with E-state index >= 15 is 0 Å². The fourth-order valence-corrected chi connectivity index (χ4v) is 7.68. The van der Waals surface area contributed by atoms with E-state index in [9.17, 15) is 0 Å². The van der Waals surface area contributed by atoms with Crippen molar-refractivity contribution in [3.63, 3.8) is 0 Å². The van der Waals surface area contributed by atoms with Gasteiger partial charge in [-0.3, -0.25) is 0 Å². The molecule has 0 atom stereocenters. The van der Waals surface area contributed by atoms with Crippen LogP contribution in [0.1, 0.15) is 9.60 Å². The molecule has 1 aromatic heterocycles. The van der Waals surface area contributed by atoms with Gasteiger partial charge < -0.3 is 9.47 Å². The Morgan fingerprint density at radius 2 is 1.07 bits per heavy atom. The maximum absolute atomic E-state index is 8.99. The zero-order valence-corrected chi connectivity index (χ0v) is 29.1. The molecular formula is C52H36N2. The van der Waals surface area contributed by atoms with Gasteiger partial charge in [0.1, 0.15) is 0 Å². The average molecular weight is 696 g/mol. The second-order valence-corrected chi connectivity index (χ2v) is 13.2. The molecule has 1 heterocycles. The fraction of sp³-hybridized carbons (Fsp3) is 0. The minimum atomic E-state index is -0.475. The van der Waals surface area contributed by atoms with Crippen molar-refractivity contribution in [2.45, 2.75) is 0 Å². The molecule has 0 radical (unpaired) electrons. The summed E-state index contributed by atoms with van der Waals surface area (Å²) in [5, 5.41) is 2.26. The van der Waals surface area contributed by atoms with Gasteiger partial charge in [0.05, 0.1) is 26.3 Å². The van der Waals surface area contributed by atoms with Crippen LogP contribution < -0.4 is 4.90 Å². The lowest BCUT2D eigenvalue weighted by atomic mass is 9.96. The van der Waals surface area contributed by atoms with Crippen LogP contribution in [0.4, 0.5) is 17.1 Å². The van der Waals surface area contributed by atoms with Crippen LogP contribution in [0.5, 0.6) is 0 Å². The maximum atomic E-state index is 8.99. The van der Waals surface area contributed by atoms with Crippen molar-refractivity contribution < 1.29 is 9.60 Å². The second kappa shape index (κ2) is 13.4. The van der Waals surface area contributed by atoms with Crippen molar-refractivity contribution in [3.05, 3.63) is 218 Å². The summed E-state index contributed by atoms with van der Waals surface area (Å²) in [7, 11) is 0. The summed E-state index contributed by atoms with van der Waals surface area (Å²) in [6.45, 7) is 0. The van der Waals surface area contributed by atoms with Gasteiger partial charge in [0.15, 0.2) is 0 Å². The molecule has 54 heavy (non-hydrogen) atoms. The monoisotopic (exact) mass is 695 g/mol. The Labute approximate surface area is 325 Å². The zero-order valence-electron chi connectivity index (χ0n) is 36.1. The second-order valence-electron chi connectivity index (χ2n) is 13.2. The van der Waals surface area contributed by atoms with Crippen LogP contribution in [0.2, 0.25) is 0 Å². The van der Waals surface area contributed by atoms with Gasteiger partial charge in [-0.05, 0) is 93.2 Å². The summed E-state index contributed by atoms with van der Waals surface area (Å²) in [6, 6.07) is 57.3. The highest BCUT2D eigenvalue weighted by atomic mass is 15.1. The van der Waals surface area contributed by atoms with E-state index in [4.69, 9.17) is 9.60 Å². The summed E-state index contributed by atoms with van der Waals surface area (Å²) in [4.78, 5) is 2.22. The Morgan fingerprint density at radius 3 is 1.94 bits per heavy atom. The van der Waals surface area contributed by atoms with Crippen LogP contribution in [0, 0.1) is 0 Å². The SMILES string of the molecule is [2H]c1c([2H])c([2H])c2c(-c3ccc(N(c4cccc(-c5ccccc5)c4)c4ccccc4-c4cccc5c4c4ccccc4n5-c4ccccc4)cc3)c([2H])c([2H])c([2H])c2c1[2H]. The summed E-state index contributed by atoms with van der Waals surface area (Å²) in [6.07, 6.45) is 0. The molecule has 2 heteroatoms. The fourth-order valence-electron chi connectivity index (χ4n) is 7.68. The number of hydrogen-bond acceptors (Lipinski definition) is 1. The van der Waals surface area contributed by atoms with Crippen LogP contribution in [-0.2, 0) is 0 Å². The highest BCUT2D eigenvalue weighted by molar-refractivity contribution is 6.17. The first-order valence-electron chi connectivity index (χ1n) is 21.5. The Morgan fingerprint density at radius 1 is 0.407 bits per heavy atom. The minimum absolute atomic E-state index is 0.0604. The standard InChI is InChI=1S/C52H36N2/c1-3-16-37(17-4-1)40-20-13-23-43(36-40)53(42-34-32-39(33-35-42)45-27-14-19-38-18-7-8-24-44(38)45)49-29-11-9-25-46(49)47-28-15-31-51-52(47)48-26-10-12-30-50(48)54(51)41-21-5-2-6-22-41/h1-36H/i7D,8D,14D,18D,19D,24D,27D. The van der Waals surface area contributed by atoms with Gasteiger partial charge in [-0.2, -0.15) is 0 Å². The third kappa shape index (κ3) is 5.44. The Balaban J connectivity index is 1.21. The molecule has 10 aromatic rings. The lowest BCUT2D eigenvalue weighted by Gasteiger charge is -2.28. The third-order valence-corrected chi connectivity index (χ3v) is 10.1. The van der Waals surface area contributed by atoms with Crippen LogP contribution >= 0.6 is 0 Å². The van der Waals surface area contributed by atoms with Crippen molar-refractivity contribution in [1.82, 2.24) is 4.57 Å². The number of para-hydroxylation sites is 3. The van der Waals surface area contributed by atoms with Gasteiger partial charge in [-0.15, -0.1) is 0 Å². The molecule has 2 nitrogen and oxygen atoms in total. The highest BCUT2D eigenvalue weighted by Gasteiger charge is 2.22. The van der Waals surface area contributed by atoms with Gasteiger partial charge in [0.2, 0.25) is 0 Å². The zero-order chi connectivity index (χ0) is 41.9. The largest absolute Gasteiger partial charge is 0.310 e. The summed E-state index contributed by atoms with van der Waals surface area (Å²) in [5.41, 5.74) is 10.8. The summed E-state index contributed by atoms with van der Waals surface area (Å²) < 4.78 is 62.8. The topological polar surface area (TPSA) is 8.17 Å². The van der Waals surface area contributed by atoms with Gasteiger partial charge >= 0.3 is 0 Å². The number of rotatable bonds is 7. The third-order valence-electron chi connectivity index (χ3n) is 10.1. The van der Waals surface area contributed by atoms with Gasteiger partial charge in [0.25, 0.3) is 0 Å². The molecule has 10 rings (SSSR count). The molecule has 0 saturated carbocycles. The molecule has 0 saturated heterocycles. The van der Waals surface area contributed by atoms with Gasteiger partial charge in [-0.1, -0.05) is 164 Å². The summed E-state index contributed by atoms with van der Waals surface area (Å²) >= 11 is 0. The van der Waals surface area contributed by atoms with Crippen molar-refractivity contribution >= 4 is 49.6 Å². The smallest absolute Gasteiger partial charge is 0.0629 e. The summed E-state index contributed by atoms with van der Waals surface area (Å²) in [5.74, 6) is 0. The highest BCUT2D eigenvalue weighted by Crippen LogP contribution is 2.46. The molecule has 9 aromatic carbocycles. The number of nitrogens with zero attached hydrogens (tertiary/aromatic N) is 2. The molecule has 254 valence electrons. The first-order chi connectivity index (χ1) is 29.7. The lowest BCUT2D eigenvalue weighted by molar-refractivity contribution is 1.18. The molecule has 0 N–H and O–H groups in total. The van der Waals surface area contributed by atoms with Crippen LogP contribution in [0.3, 0.4) is 0 Å². The van der Waals surface area contributed by atoms with Crippen molar-refractivity contribution in [2.24, 2.45) is 0 Å². The maximum Gasteiger partial charge on any atom is 0.0629 e. The van der Waals surface area contributed by atoms with Gasteiger partial charge in [-0.25, -0.2) is 0 Å². The predicted octanol–water partition coefficient (Wildman–Crippen LogP) is 14.4. The van der Waals surface area contributed by atoms with E-state index in [0.29, 0.717) is 5.56 Å². The Kier molecular flexibility index (Phi) is 6.20. The molecule has 0 aliphatic heterocycles. The van der Waals surface area contributed by atoms with E-state index in [1.807, 2.05) is 54.6 Å². The number of fused-ring (bicyclic) bond motifs is 4. The van der Waals surface area contributed by atoms with Gasteiger partial charge in [0, 0.05) is 33.4 Å². The minimum Gasteiger partial charge on any atom is -0.310 e. The van der Waals surface area contributed by atoms with Crippen molar-refractivity contribution in [3.8, 4) is 39.1 Å². The number of hydrogen-bond donors (Lipinski definition) is 0. The van der Waals surface area contributed by atoms with Crippen molar-refractivity contribution in [1.29, 1.82) is 0 Å². The molecule has 0 unspecified atom stereocenters. The normalized spacial score (nSPS) is 13.1. The van der Waals surface area contributed by atoms with E-state index in [-0.39, 0.29) is 28.4 Å². The molecule has 0 bridgehead atoms. The first-order valence-corrected chi connectivity index (χ1v) is 18.0. The number of benzene rings is 9. The quantitative estimate of drug-likeness (QED) is 0.161. The van der Waals surface area contributed by atoms with E-state index in [0.717, 1.165) is 66.8 Å². The Hall–Kier alpha value is -7.16. The van der Waals surface area contributed by atoms with Crippen molar-refractivity contribution in [2.75, 3.05) is 4.90 Å². The van der Waals surface area contributed by atoms with Crippen LogP contribution in [0.25, 0.3) is 71.6 Å². The number of aromatic nitrogens is 1. The molecule has 0 spiro atoms. The Bertz CT molecular complexity index is 3320. The van der Waals surface area contributed by atoms with E-state index in [1.165, 1.54) is 0 Å². The predicted molar refractivity (Wildman–Crippen MR) is 229 cm³/mol. The molecule has 0 amide bonds. The van der Waals surface area contributed by atoms with Crippen LogP contribution in [-0.4, -0.2) is 4.57 Å². The molecule has 0 aliphatic carbocycles. The van der Waals surface area contributed by atoms with E-state index < -0.39 is 30.2 Å². The lowest BCUT2D eigenvalue weighted by Crippen LogP contribution is -2.11. The molecular weight excluding hydrogens is 653 g/mol. The first kappa shape index (κ1) is 24.9. The number of anilines is 3. The van der Waals surface area contributed by atoms with Crippen LogP contribution in [0.15, 0.2) is 218 Å².